The molecule has 0 amide bonds. The van der Waals surface area contributed by atoms with Crippen molar-refractivity contribution in [1.29, 1.82) is 0 Å². The molecule has 0 aromatic rings. The summed E-state index contributed by atoms with van der Waals surface area (Å²) in [5.74, 6) is 1.63. The number of ether oxygens (including phenoxy) is 1. The lowest BCUT2D eigenvalue weighted by atomic mass is 9.88. The van der Waals surface area contributed by atoms with E-state index in [9.17, 15) is 4.79 Å². The van der Waals surface area contributed by atoms with E-state index in [-0.39, 0.29) is 5.97 Å². The van der Waals surface area contributed by atoms with Gasteiger partial charge in [0.1, 0.15) is 0 Å². The van der Waals surface area contributed by atoms with E-state index < -0.39 is 0 Å². The number of carbonyl (C=O) groups is 1. The van der Waals surface area contributed by atoms with Gasteiger partial charge in [-0.05, 0) is 37.5 Å². The molecule has 3 aliphatic rings. The number of piperidine rings is 1. The van der Waals surface area contributed by atoms with Crippen LogP contribution in [0.15, 0.2) is 0 Å². The highest BCUT2D eigenvalue weighted by molar-refractivity contribution is 5.71. The van der Waals surface area contributed by atoms with Gasteiger partial charge in [-0.25, -0.2) is 0 Å². The van der Waals surface area contributed by atoms with Crippen molar-refractivity contribution >= 4 is 5.97 Å². The van der Waals surface area contributed by atoms with Crippen molar-refractivity contribution in [1.82, 2.24) is 10.2 Å². The van der Waals surface area contributed by atoms with Crippen LogP contribution in [-0.2, 0) is 9.53 Å². The van der Waals surface area contributed by atoms with Crippen molar-refractivity contribution < 1.29 is 9.53 Å². The van der Waals surface area contributed by atoms with Crippen LogP contribution >= 0.6 is 0 Å². The smallest absolute Gasteiger partial charge is 0.319 e. The second-order valence-corrected chi connectivity index (χ2v) is 7.75. The summed E-state index contributed by atoms with van der Waals surface area (Å²) in [6.07, 6.45) is 12.3. The average Bonchev–Trinajstić information content (AvgIpc) is 3.32. The summed E-state index contributed by atoms with van der Waals surface area (Å²) in [7, 11) is 1.49. The topological polar surface area (TPSA) is 41.6 Å². The van der Waals surface area contributed by atoms with Crippen LogP contribution in [-0.4, -0.2) is 49.7 Å². The van der Waals surface area contributed by atoms with Crippen LogP contribution in [0.5, 0.6) is 0 Å². The molecule has 22 heavy (non-hydrogen) atoms. The number of nitrogens with one attached hydrogen (secondary N) is 1. The first kappa shape index (κ1) is 16.3. The second kappa shape index (κ2) is 7.78. The number of likely N-dealkylation sites (tertiary alicyclic amines) is 1. The maximum absolute atomic E-state index is 11.6. The van der Waals surface area contributed by atoms with Gasteiger partial charge in [0, 0.05) is 25.2 Å². The van der Waals surface area contributed by atoms with Gasteiger partial charge in [-0.1, -0.05) is 32.1 Å². The molecule has 3 rings (SSSR count). The Balaban J connectivity index is 1.53. The number of methoxy groups -OCH3 is 1. The van der Waals surface area contributed by atoms with Crippen molar-refractivity contribution in [3.63, 3.8) is 0 Å². The zero-order valence-corrected chi connectivity index (χ0v) is 14.1. The Kier molecular flexibility index (Phi) is 5.75. The normalized spacial score (nSPS) is 31.1. The molecule has 1 saturated heterocycles. The van der Waals surface area contributed by atoms with Crippen LogP contribution in [0.4, 0.5) is 0 Å². The van der Waals surface area contributed by atoms with Gasteiger partial charge in [0.25, 0.3) is 0 Å². The minimum Gasteiger partial charge on any atom is -0.468 e. The monoisotopic (exact) mass is 308 g/mol. The summed E-state index contributed by atoms with van der Waals surface area (Å²) in [6, 6.07) is 1.27. The van der Waals surface area contributed by atoms with Gasteiger partial charge in [-0.3, -0.25) is 9.69 Å². The largest absolute Gasteiger partial charge is 0.468 e. The molecule has 3 fully saturated rings. The number of carbonyl (C=O) groups excluding carboxylic acids is 1. The number of hydrogen-bond acceptors (Lipinski definition) is 4. The zero-order valence-electron chi connectivity index (χ0n) is 14.1. The fourth-order valence-electron chi connectivity index (χ4n) is 4.40. The summed E-state index contributed by atoms with van der Waals surface area (Å²) in [4.78, 5) is 14.0. The van der Waals surface area contributed by atoms with E-state index in [4.69, 9.17) is 4.74 Å². The lowest BCUT2D eigenvalue weighted by molar-refractivity contribution is -0.142. The van der Waals surface area contributed by atoms with E-state index in [2.05, 4.69) is 10.2 Å². The highest BCUT2D eigenvalue weighted by Gasteiger charge is 2.33. The van der Waals surface area contributed by atoms with E-state index in [0.717, 1.165) is 24.9 Å². The van der Waals surface area contributed by atoms with E-state index in [1.54, 1.807) is 0 Å². The Hall–Kier alpha value is -0.610. The molecule has 1 N–H and O–H groups in total. The van der Waals surface area contributed by atoms with Gasteiger partial charge in [0.05, 0.1) is 13.7 Å². The fourth-order valence-corrected chi connectivity index (χ4v) is 4.40. The molecule has 126 valence electrons. The Morgan fingerprint density at radius 2 is 1.82 bits per heavy atom. The molecular formula is C18H32N2O2. The molecule has 4 heteroatoms. The van der Waals surface area contributed by atoms with Crippen LogP contribution < -0.4 is 5.32 Å². The number of hydrogen-bond donors (Lipinski definition) is 1. The third-order valence-electron chi connectivity index (χ3n) is 5.63. The van der Waals surface area contributed by atoms with Gasteiger partial charge in [0.15, 0.2) is 0 Å². The molecular weight excluding hydrogens is 276 g/mol. The highest BCUT2D eigenvalue weighted by atomic mass is 16.5. The van der Waals surface area contributed by atoms with E-state index in [1.165, 1.54) is 64.9 Å². The molecule has 2 aliphatic carbocycles. The van der Waals surface area contributed by atoms with Crippen LogP contribution in [0.1, 0.15) is 57.8 Å². The van der Waals surface area contributed by atoms with Gasteiger partial charge >= 0.3 is 5.97 Å². The van der Waals surface area contributed by atoms with Crippen LogP contribution in [0.25, 0.3) is 0 Å². The second-order valence-electron chi connectivity index (χ2n) is 7.75. The third-order valence-corrected chi connectivity index (χ3v) is 5.63. The van der Waals surface area contributed by atoms with Crippen LogP contribution in [0.3, 0.4) is 0 Å². The maximum atomic E-state index is 11.6. The standard InChI is InChI=1S/C18H32N2O2/c1-22-18(21)13-20-11-15(9-14-7-8-14)10-17(12-20)19-16-5-3-2-4-6-16/h14-17,19H,2-13H2,1H3. The Morgan fingerprint density at radius 1 is 1.05 bits per heavy atom. The number of esters is 1. The van der Waals surface area contributed by atoms with Gasteiger partial charge in [0.2, 0.25) is 0 Å². The summed E-state index contributed by atoms with van der Waals surface area (Å²) in [6.45, 7) is 2.54. The molecule has 0 aromatic heterocycles. The molecule has 4 nitrogen and oxygen atoms in total. The predicted molar refractivity (Wildman–Crippen MR) is 87.7 cm³/mol. The zero-order chi connectivity index (χ0) is 15.4. The maximum Gasteiger partial charge on any atom is 0.319 e. The lowest BCUT2D eigenvalue weighted by Crippen LogP contribution is -2.53. The Morgan fingerprint density at radius 3 is 2.50 bits per heavy atom. The minimum absolute atomic E-state index is 0.0940. The van der Waals surface area contributed by atoms with Gasteiger partial charge < -0.3 is 10.1 Å². The summed E-state index contributed by atoms with van der Waals surface area (Å²) in [5, 5.41) is 3.91. The number of nitrogens with zero attached hydrogens (tertiary/aromatic N) is 1. The number of rotatable bonds is 6. The molecule has 0 aromatic carbocycles. The quantitative estimate of drug-likeness (QED) is 0.766. The lowest BCUT2D eigenvalue weighted by Gasteiger charge is -2.40. The van der Waals surface area contributed by atoms with Crippen molar-refractivity contribution in [2.24, 2.45) is 11.8 Å². The van der Waals surface area contributed by atoms with Gasteiger partial charge in [-0.15, -0.1) is 0 Å². The summed E-state index contributed by atoms with van der Waals surface area (Å²) >= 11 is 0. The Labute approximate surface area is 135 Å². The van der Waals surface area contributed by atoms with Crippen LogP contribution in [0.2, 0.25) is 0 Å². The molecule has 2 saturated carbocycles. The van der Waals surface area contributed by atoms with Crippen molar-refractivity contribution in [2.75, 3.05) is 26.7 Å². The fraction of sp³-hybridized carbons (Fsp3) is 0.944. The minimum atomic E-state index is -0.0940. The predicted octanol–water partition coefficient (Wildman–Crippen LogP) is 2.57. The third kappa shape index (κ3) is 4.95. The Bertz CT molecular complexity index is 364. The SMILES string of the molecule is COC(=O)CN1CC(CC2CC2)CC(NC2CCCCC2)C1. The molecule has 0 radical (unpaired) electrons. The molecule has 2 atom stereocenters. The summed E-state index contributed by atoms with van der Waals surface area (Å²) in [5.41, 5.74) is 0. The van der Waals surface area contributed by atoms with E-state index in [0.29, 0.717) is 18.6 Å². The molecule has 1 heterocycles. The first-order valence-electron chi connectivity index (χ1n) is 9.28. The van der Waals surface area contributed by atoms with Gasteiger partial charge in [-0.2, -0.15) is 0 Å². The first-order chi connectivity index (χ1) is 10.7. The van der Waals surface area contributed by atoms with Crippen molar-refractivity contribution in [3.8, 4) is 0 Å². The summed E-state index contributed by atoms with van der Waals surface area (Å²) < 4.78 is 4.87. The highest BCUT2D eigenvalue weighted by Crippen LogP contribution is 2.38. The first-order valence-corrected chi connectivity index (χ1v) is 9.28. The molecule has 0 bridgehead atoms. The molecule has 0 spiro atoms. The van der Waals surface area contributed by atoms with E-state index >= 15 is 0 Å². The molecule has 2 unspecified atom stereocenters. The van der Waals surface area contributed by atoms with E-state index in [1.807, 2.05) is 0 Å². The van der Waals surface area contributed by atoms with Crippen molar-refractivity contribution in [2.45, 2.75) is 69.9 Å². The van der Waals surface area contributed by atoms with Crippen molar-refractivity contribution in [3.05, 3.63) is 0 Å². The average molecular weight is 308 g/mol. The van der Waals surface area contributed by atoms with Crippen LogP contribution in [0, 0.1) is 11.8 Å². The molecule has 1 aliphatic heterocycles.